The van der Waals surface area contributed by atoms with Crippen molar-refractivity contribution in [2.24, 2.45) is 0 Å². The summed E-state index contributed by atoms with van der Waals surface area (Å²) < 4.78 is 50.1. The van der Waals surface area contributed by atoms with Gasteiger partial charge in [-0.25, -0.2) is 4.68 Å². The van der Waals surface area contributed by atoms with Crippen LogP contribution in [-0.2, 0) is 13.0 Å². The van der Waals surface area contributed by atoms with Gasteiger partial charge in [0.05, 0.1) is 24.1 Å². The molecule has 0 N–H and O–H groups in total. The molecule has 0 fully saturated rings. The van der Waals surface area contributed by atoms with Crippen molar-refractivity contribution in [2.45, 2.75) is 19.1 Å². The lowest BCUT2D eigenvalue weighted by atomic mass is 10.0. The number of ether oxygens (including phenoxy) is 2. The van der Waals surface area contributed by atoms with Crippen LogP contribution in [0.15, 0.2) is 42.9 Å². The molecule has 4 rings (SSSR count). The van der Waals surface area contributed by atoms with E-state index < -0.39 is 18.7 Å². The summed E-state index contributed by atoms with van der Waals surface area (Å²) in [6.45, 7) is -1.10. The van der Waals surface area contributed by atoms with Gasteiger partial charge in [-0.2, -0.15) is 23.5 Å². The van der Waals surface area contributed by atoms with Crippen LogP contribution in [-0.4, -0.2) is 52.0 Å². The molecule has 0 spiro atoms. The number of hydrogen-bond acceptors (Lipinski definition) is 6. The van der Waals surface area contributed by atoms with Crippen molar-refractivity contribution >= 4 is 5.91 Å². The first kappa shape index (κ1) is 22.1. The Balaban J connectivity index is 1.65. The van der Waals surface area contributed by atoms with Crippen LogP contribution in [0.25, 0.3) is 5.69 Å². The van der Waals surface area contributed by atoms with Gasteiger partial charge < -0.3 is 14.4 Å². The number of nitriles is 1. The third-order valence-electron chi connectivity index (χ3n) is 5.12. The molecule has 1 aliphatic rings. The van der Waals surface area contributed by atoms with Crippen molar-refractivity contribution in [3.8, 4) is 23.3 Å². The summed E-state index contributed by atoms with van der Waals surface area (Å²) in [6, 6.07) is 7.92. The quantitative estimate of drug-likeness (QED) is 0.584. The molecule has 0 aliphatic carbocycles. The SMILES string of the molecule is COc1c(C#N)ccc(OCC(F)(F)F)c1C(=O)N1CCc2nn(-c3ccncc3)cc2C1. The highest BCUT2D eigenvalue weighted by Crippen LogP contribution is 2.35. The topological polar surface area (TPSA) is 93.3 Å². The third kappa shape index (κ3) is 4.59. The Bertz CT molecular complexity index is 1220. The maximum absolute atomic E-state index is 13.4. The molecule has 1 amide bonds. The minimum atomic E-state index is -4.59. The minimum Gasteiger partial charge on any atom is -0.494 e. The number of carbonyl (C=O) groups excluding carboxylic acids is 1. The van der Waals surface area contributed by atoms with Crippen LogP contribution in [0.4, 0.5) is 13.2 Å². The van der Waals surface area contributed by atoms with E-state index in [9.17, 15) is 23.2 Å². The monoisotopic (exact) mass is 457 g/mol. The molecule has 2 aromatic heterocycles. The Morgan fingerprint density at radius 1 is 1.24 bits per heavy atom. The zero-order chi connectivity index (χ0) is 23.6. The second-order valence-electron chi connectivity index (χ2n) is 7.26. The van der Waals surface area contributed by atoms with Crippen LogP contribution < -0.4 is 9.47 Å². The normalized spacial score (nSPS) is 13.2. The average molecular weight is 457 g/mol. The summed E-state index contributed by atoms with van der Waals surface area (Å²) in [7, 11) is 1.24. The number of rotatable bonds is 5. The molecule has 33 heavy (non-hydrogen) atoms. The lowest BCUT2D eigenvalue weighted by molar-refractivity contribution is -0.153. The van der Waals surface area contributed by atoms with Gasteiger partial charge in [0, 0.05) is 43.7 Å². The smallest absolute Gasteiger partial charge is 0.422 e. The minimum absolute atomic E-state index is 0.0170. The van der Waals surface area contributed by atoms with Crippen LogP contribution in [0.5, 0.6) is 11.5 Å². The largest absolute Gasteiger partial charge is 0.494 e. The van der Waals surface area contributed by atoms with E-state index in [4.69, 9.17) is 9.47 Å². The Morgan fingerprint density at radius 2 is 2.00 bits per heavy atom. The van der Waals surface area contributed by atoms with E-state index in [1.165, 1.54) is 24.1 Å². The summed E-state index contributed by atoms with van der Waals surface area (Å²) in [5, 5.41) is 13.9. The predicted molar refractivity (Wildman–Crippen MR) is 109 cm³/mol. The fourth-order valence-electron chi connectivity index (χ4n) is 3.62. The summed E-state index contributed by atoms with van der Waals surface area (Å²) in [5.74, 6) is -1.02. The van der Waals surface area contributed by atoms with Gasteiger partial charge in [0.25, 0.3) is 5.91 Å². The van der Waals surface area contributed by atoms with Crippen molar-refractivity contribution in [3.63, 3.8) is 0 Å². The Labute approximate surface area is 186 Å². The highest BCUT2D eigenvalue weighted by atomic mass is 19.4. The van der Waals surface area contributed by atoms with Gasteiger partial charge in [-0.15, -0.1) is 0 Å². The molecule has 0 bridgehead atoms. The highest BCUT2D eigenvalue weighted by molar-refractivity contribution is 6.00. The van der Waals surface area contributed by atoms with E-state index >= 15 is 0 Å². The molecule has 11 heteroatoms. The van der Waals surface area contributed by atoms with E-state index in [0.717, 1.165) is 16.9 Å². The lowest BCUT2D eigenvalue weighted by Gasteiger charge is -2.28. The van der Waals surface area contributed by atoms with E-state index in [1.54, 1.807) is 35.4 Å². The number of hydrogen-bond donors (Lipinski definition) is 0. The Morgan fingerprint density at radius 3 is 2.67 bits per heavy atom. The molecule has 0 atom stereocenters. The maximum Gasteiger partial charge on any atom is 0.422 e. The first-order chi connectivity index (χ1) is 15.8. The second-order valence-corrected chi connectivity index (χ2v) is 7.26. The van der Waals surface area contributed by atoms with Crippen molar-refractivity contribution in [3.05, 3.63) is 65.2 Å². The van der Waals surface area contributed by atoms with Gasteiger partial charge in [-0.3, -0.25) is 9.78 Å². The van der Waals surface area contributed by atoms with Gasteiger partial charge in [-0.05, 0) is 24.3 Å². The molecule has 170 valence electrons. The lowest BCUT2D eigenvalue weighted by Crippen LogP contribution is -2.36. The van der Waals surface area contributed by atoms with Crippen LogP contribution in [0.2, 0.25) is 0 Å². The van der Waals surface area contributed by atoms with Gasteiger partial charge >= 0.3 is 6.18 Å². The number of aromatic nitrogens is 3. The zero-order valence-electron chi connectivity index (χ0n) is 17.5. The maximum atomic E-state index is 13.4. The number of methoxy groups -OCH3 is 1. The first-order valence-corrected chi connectivity index (χ1v) is 9.88. The standard InChI is InChI=1S/C22H18F3N5O3/c1-32-20-14(10-26)2-3-18(33-13-22(23,24)25)19(20)21(31)29-9-6-17-15(11-29)12-30(28-17)16-4-7-27-8-5-16/h2-5,7-8,12H,6,9,11,13H2,1H3. The van der Waals surface area contributed by atoms with Gasteiger partial charge in [0.15, 0.2) is 12.4 Å². The summed E-state index contributed by atoms with van der Waals surface area (Å²) in [5.41, 5.74) is 2.24. The number of pyridine rings is 1. The van der Waals surface area contributed by atoms with Crippen LogP contribution in [0, 0.1) is 11.3 Å². The predicted octanol–water partition coefficient (Wildman–Crippen LogP) is 3.29. The number of benzene rings is 1. The molecule has 3 aromatic rings. The Kier molecular flexibility index (Phi) is 5.91. The molecular weight excluding hydrogens is 439 g/mol. The van der Waals surface area contributed by atoms with E-state index in [2.05, 4.69) is 10.1 Å². The third-order valence-corrected chi connectivity index (χ3v) is 5.12. The molecule has 0 saturated carbocycles. The van der Waals surface area contributed by atoms with E-state index in [1.807, 2.05) is 6.07 Å². The molecule has 0 radical (unpaired) electrons. The van der Waals surface area contributed by atoms with Crippen molar-refractivity contribution in [1.82, 2.24) is 19.7 Å². The number of carbonyl (C=O) groups is 1. The molecule has 1 aliphatic heterocycles. The Hall–Kier alpha value is -4.07. The zero-order valence-corrected chi connectivity index (χ0v) is 17.5. The molecule has 0 unspecified atom stereocenters. The first-order valence-electron chi connectivity index (χ1n) is 9.88. The van der Waals surface area contributed by atoms with Gasteiger partial charge in [0.1, 0.15) is 17.4 Å². The fourth-order valence-corrected chi connectivity index (χ4v) is 3.62. The second kappa shape index (κ2) is 8.82. The van der Waals surface area contributed by atoms with Crippen LogP contribution >= 0.6 is 0 Å². The number of fused-ring (bicyclic) bond motifs is 1. The van der Waals surface area contributed by atoms with Crippen molar-refractivity contribution in [1.29, 1.82) is 5.26 Å². The van der Waals surface area contributed by atoms with Crippen LogP contribution in [0.1, 0.15) is 27.2 Å². The van der Waals surface area contributed by atoms with E-state index in [-0.39, 0.29) is 35.7 Å². The van der Waals surface area contributed by atoms with Crippen molar-refractivity contribution in [2.75, 3.05) is 20.3 Å². The summed E-state index contributed by atoms with van der Waals surface area (Å²) >= 11 is 0. The molecule has 0 saturated heterocycles. The highest BCUT2D eigenvalue weighted by Gasteiger charge is 2.33. The number of alkyl halides is 3. The summed E-state index contributed by atoms with van der Waals surface area (Å²) in [6.07, 6.45) is 0.945. The molecular formula is C22H18F3N5O3. The van der Waals surface area contributed by atoms with Gasteiger partial charge in [-0.1, -0.05) is 0 Å². The van der Waals surface area contributed by atoms with E-state index in [0.29, 0.717) is 6.42 Å². The number of amides is 1. The summed E-state index contributed by atoms with van der Waals surface area (Å²) in [4.78, 5) is 18.9. The molecule has 3 heterocycles. The fraction of sp³-hybridized carbons (Fsp3) is 0.273. The van der Waals surface area contributed by atoms with Gasteiger partial charge in [0.2, 0.25) is 0 Å². The molecule has 8 nitrogen and oxygen atoms in total. The number of nitrogens with zero attached hydrogens (tertiary/aromatic N) is 5. The number of halogens is 3. The van der Waals surface area contributed by atoms with Crippen LogP contribution in [0.3, 0.4) is 0 Å². The van der Waals surface area contributed by atoms with Crippen molar-refractivity contribution < 1.29 is 27.4 Å². The molecule has 1 aromatic carbocycles. The average Bonchev–Trinajstić information content (AvgIpc) is 3.25.